The molecule has 0 amide bonds. The lowest BCUT2D eigenvalue weighted by Gasteiger charge is -2.38. The molecule has 0 bridgehead atoms. The molecule has 3 rings (SSSR count). The number of carbonyl (C=O) groups excluding carboxylic acids is 1. The van der Waals surface area contributed by atoms with Crippen LogP contribution in [0.3, 0.4) is 0 Å². The van der Waals surface area contributed by atoms with E-state index in [2.05, 4.69) is 29.7 Å². The molecule has 1 aromatic carbocycles. The molecule has 0 saturated carbocycles. The average molecular weight is 344 g/mol. The molecule has 138 valence electrons. The zero-order valence-corrected chi connectivity index (χ0v) is 15.9. The summed E-state index contributed by atoms with van der Waals surface area (Å²) in [7, 11) is 1.44. The van der Waals surface area contributed by atoms with Crippen molar-refractivity contribution in [2.75, 3.05) is 33.3 Å². The molecule has 2 aliphatic rings. The molecule has 2 fully saturated rings. The largest absolute Gasteiger partial charge is 0.465 e. The van der Waals surface area contributed by atoms with Crippen molar-refractivity contribution in [2.45, 2.75) is 51.6 Å². The summed E-state index contributed by atoms with van der Waals surface area (Å²) in [5.41, 5.74) is 1.92. The van der Waals surface area contributed by atoms with Crippen LogP contribution < -0.4 is 0 Å². The maximum atomic E-state index is 11.7. The lowest BCUT2D eigenvalue weighted by Crippen LogP contribution is -2.46. The molecule has 2 aliphatic heterocycles. The van der Waals surface area contributed by atoms with E-state index in [-0.39, 0.29) is 5.97 Å². The van der Waals surface area contributed by atoms with Gasteiger partial charge in [0.1, 0.15) is 0 Å². The van der Waals surface area contributed by atoms with Crippen molar-refractivity contribution in [1.29, 1.82) is 0 Å². The molecule has 1 atom stereocenters. The van der Waals surface area contributed by atoms with Gasteiger partial charge in [-0.15, -0.1) is 0 Å². The number of piperidine rings is 1. The predicted octanol–water partition coefficient (Wildman–Crippen LogP) is 3.21. The number of nitrogens with zero attached hydrogens (tertiary/aromatic N) is 2. The Bertz CT molecular complexity index is 579. The van der Waals surface area contributed by atoms with Crippen molar-refractivity contribution in [2.24, 2.45) is 5.92 Å². The molecule has 2 heterocycles. The summed E-state index contributed by atoms with van der Waals surface area (Å²) >= 11 is 0. The monoisotopic (exact) mass is 344 g/mol. The third-order valence-corrected chi connectivity index (χ3v) is 5.94. The number of hydrogen-bond acceptors (Lipinski definition) is 4. The first-order chi connectivity index (χ1) is 12.1. The van der Waals surface area contributed by atoms with Crippen LogP contribution in [0.25, 0.3) is 0 Å². The van der Waals surface area contributed by atoms with E-state index in [0.29, 0.717) is 17.5 Å². The minimum Gasteiger partial charge on any atom is -0.465 e. The Morgan fingerprint density at radius 2 is 1.96 bits per heavy atom. The fraction of sp³-hybridized carbons (Fsp3) is 0.667. The predicted molar refractivity (Wildman–Crippen MR) is 101 cm³/mol. The van der Waals surface area contributed by atoms with Crippen molar-refractivity contribution in [1.82, 2.24) is 9.80 Å². The summed E-state index contributed by atoms with van der Waals surface area (Å²) in [6.45, 7) is 9.52. The van der Waals surface area contributed by atoms with E-state index in [1.54, 1.807) is 0 Å². The van der Waals surface area contributed by atoms with Crippen molar-refractivity contribution >= 4 is 5.97 Å². The van der Waals surface area contributed by atoms with Crippen LogP contribution in [0.4, 0.5) is 0 Å². The first-order valence-corrected chi connectivity index (χ1v) is 9.72. The Labute approximate surface area is 152 Å². The summed E-state index contributed by atoms with van der Waals surface area (Å²) in [4.78, 5) is 17.0. The zero-order chi connectivity index (χ0) is 17.8. The molecule has 0 radical (unpaired) electrons. The number of rotatable bonds is 5. The number of hydrogen-bond donors (Lipinski definition) is 0. The Morgan fingerprint density at radius 3 is 2.64 bits per heavy atom. The van der Waals surface area contributed by atoms with Crippen molar-refractivity contribution < 1.29 is 9.53 Å². The quantitative estimate of drug-likeness (QED) is 0.768. The molecular formula is C21H32N2O2. The van der Waals surface area contributed by atoms with Gasteiger partial charge in [0.15, 0.2) is 0 Å². The van der Waals surface area contributed by atoms with Gasteiger partial charge in [0.2, 0.25) is 0 Å². The zero-order valence-electron chi connectivity index (χ0n) is 15.9. The Kier molecular flexibility index (Phi) is 6.13. The van der Waals surface area contributed by atoms with Crippen LogP contribution in [0.1, 0.15) is 49.0 Å². The van der Waals surface area contributed by atoms with E-state index >= 15 is 0 Å². The fourth-order valence-electron chi connectivity index (χ4n) is 4.40. The van der Waals surface area contributed by atoms with E-state index < -0.39 is 0 Å². The highest BCUT2D eigenvalue weighted by Gasteiger charge is 2.31. The van der Waals surface area contributed by atoms with Gasteiger partial charge in [-0.25, -0.2) is 4.79 Å². The average Bonchev–Trinajstić information content (AvgIpc) is 3.09. The van der Waals surface area contributed by atoms with Gasteiger partial charge in [-0.1, -0.05) is 12.1 Å². The smallest absolute Gasteiger partial charge is 0.337 e. The van der Waals surface area contributed by atoms with Gasteiger partial charge in [-0.05, 0) is 82.8 Å². The standard InChI is InChI=1S/C21H32N2O2/c1-16(2)22-11-8-20(9-12-22)23-10-7-18(15-23)13-17-5-4-6-19(14-17)21(24)25-3/h4-6,14,16,18,20H,7-13,15H2,1-3H3. The van der Waals surface area contributed by atoms with Crippen LogP contribution in [-0.4, -0.2) is 61.1 Å². The number of likely N-dealkylation sites (tertiary alicyclic amines) is 2. The van der Waals surface area contributed by atoms with E-state index in [1.165, 1.54) is 58.1 Å². The van der Waals surface area contributed by atoms with Crippen LogP contribution in [0, 0.1) is 5.92 Å². The van der Waals surface area contributed by atoms with E-state index in [1.807, 2.05) is 18.2 Å². The van der Waals surface area contributed by atoms with E-state index in [9.17, 15) is 4.79 Å². The molecular weight excluding hydrogens is 312 g/mol. The first kappa shape index (κ1) is 18.4. The summed E-state index contributed by atoms with van der Waals surface area (Å²) in [6, 6.07) is 9.37. The summed E-state index contributed by atoms with van der Waals surface area (Å²) in [5.74, 6) is 0.461. The second kappa shape index (κ2) is 8.33. The molecule has 4 heteroatoms. The summed E-state index contributed by atoms with van der Waals surface area (Å²) in [5, 5.41) is 0. The molecule has 2 saturated heterocycles. The number of benzene rings is 1. The van der Waals surface area contributed by atoms with Crippen LogP contribution in [0.15, 0.2) is 24.3 Å². The van der Waals surface area contributed by atoms with Gasteiger partial charge in [0.25, 0.3) is 0 Å². The topological polar surface area (TPSA) is 32.8 Å². The number of carbonyl (C=O) groups is 1. The summed E-state index contributed by atoms with van der Waals surface area (Å²) < 4.78 is 4.83. The molecule has 0 aliphatic carbocycles. The first-order valence-electron chi connectivity index (χ1n) is 9.72. The second-order valence-electron chi connectivity index (χ2n) is 7.91. The van der Waals surface area contributed by atoms with Crippen LogP contribution in [0.5, 0.6) is 0 Å². The summed E-state index contributed by atoms with van der Waals surface area (Å²) in [6.07, 6.45) is 4.95. The second-order valence-corrected chi connectivity index (χ2v) is 7.91. The molecule has 4 nitrogen and oxygen atoms in total. The number of esters is 1. The van der Waals surface area contributed by atoms with Gasteiger partial charge in [-0.2, -0.15) is 0 Å². The third kappa shape index (κ3) is 4.62. The van der Waals surface area contributed by atoms with Gasteiger partial charge in [0.05, 0.1) is 12.7 Å². The molecule has 0 N–H and O–H groups in total. The molecule has 1 unspecified atom stereocenters. The van der Waals surface area contributed by atoms with E-state index in [0.717, 1.165) is 12.5 Å². The molecule has 1 aromatic rings. The van der Waals surface area contributed by atoms with Crippen LogP contribution in [0.2, 0.25) is 0 Å². The Morgan fingerprint density at radius 1 is 1.20 bits per heavy atom. The Balaban J connectivity index is 1.51. The van der Waals surface area contributed by atoms with Gasteiger partial charge >= 0.3 is 5.97 Å². The maximum absolute atomic E-state index is 11.7. The van der Waals surface area contributed by atoms with Crippen molar-refractivity contribution in [3.05, 3.63) is 35.4 Å². The fourth-order valence-corrected chi connectivity index (χ4v) is 4.40. The molecule has 25 heavy (non-hydrogen) atoms. The van der Waals surface area contributed by atoms with Gasteiger partial charge < -0.3 is 9.64 Å². The van der Waals surface area contributed by atoms with Crippen molar-refractivity contribution in [3.8, 4) is 0 Å². The van der Waals surface area contributed by atoms with E-state index in [4.69, 9.17) is 4.74 Å². The highest BCUT2D eigenvalue weighted by molar-refractivity contribution is 5.89. The van der Waals surface area contributed by atoms with Gasteiger partial charge in [-0.3, -0.25) is 4.90 Å². The lowest BCUT2D eigenvalue weighted by atomic mass is 9.97. The maximum Gasteiger partial charge on any atom is 0.337 e. The van der Waals surface area contributed by atoms with Crippen LogP contribution >= 0.6 is 0 Å². The van der Waals surface area contributed by atoms with Gasteiger partial charge in [0, 0.05) is 18.6 Å². The van der Waals surface area contributed by atoms with Crippen molar-refractivity contribution in [3.63, 3.8) is 0 Å². The Hall–Kier alpha value is -1.39. The molecule has 0 spiro atoms. The minimum absolute atomic E-state index is 0.244. The highest BCUT2D eigenvalue weighted by atomic mass is 16.5. The van der Waals surface area contributed by atoms with Crippen LogP contribution in [-0.2, 0) is 11.2 Å². The minimum atomic E-state index is -0.244. The third-order valence-electron chi connectivity index (χ3n) is 5.94. The highest BCUT2D eigenvalue weighted by Crippen LogP contribution is 2.27. The lowest BCUT2D eigenvalue weighted by molar-refractivity contribution is 0.0600. The normalized spacial score (nSPS) is 23.3. The SMILES string of the molecule is COC(=O)c1cccc(CC2CCN(C3CCN(C(C)C)CC3)C2)c1. The number of ether oxygens (including phenoxy) is 1. The molecule has 0 aromatic heterocycles. The number of methoxy groups -OCH3 is 1.